The van der Waals surface area contributed by atoms with Crippen molar-refractivity contribution in [3.8, 4) is 17.1 Å². The zero-order chi connectivity index (χ0) is 14.9. The summed E-state index contributed by atoms with van der Waals surface area (Å²) in [6, 6.07) is 5.50. The summed E-state index contributed by atoms with van der Waals surface area (Å²) in [5.41, 5.74) is 0.407. The van der Waals surface area contributed by atoms with E-state index in [0.29, 0.717) is 11.5 Å². The van der Waals surface area contributed by atoms with Crippen molar-refractivity contribution in [3.05, 3.63) is 30.2 Å². The van der Waals surface area contributed by atoms with E-state index in [4.69, 9.17) is 4.52 Å². The van der Waals surface area contributed by atoms with Gasteiger partial charge < -0.3 is 14.6 Å². The van der Waals surface area contributed by atoms with E-state index in [2.05, 4.69) is 20.2 Å². The van der Waals surface area contributed by atoms with Gasteiger partial charge in [0, 0.05) is 5.56 Å². The molecule has 1 aliphatic heterocycles. The van der Waals surface area contributed by atoms with Crippen LogP contribution in [0, 0.1) is 0 Å². The summed E-state index contributed by atoms with van der Waals surface area (Å²) in [6.45, 7) is 0.886. The Morgan fingerprint density at radius 3 is 2.90 bits per heavy atom. The number of nitrogens with zero attached hydrogens (tertiary/aromatic N) is 2. The number of ether oxygens (including phenoxy) is 1. The first kappa shape index (κ1) is 13.9. The number of halogens is 3. The van der Waals surface area contributed by atoms with E-state index in [0.717, 1.165) is 19.4 Å². The smallest absolute Gasteiger partial charge is 0.406 e. The zero-order valence-electron chi connectivity index (χ0n) is 10.9. The van der Waals surface area contributed by atoms with Gasteiger partial charge in [-0.1, -0.05) is 17.3 Å². The fourth-order valence-electron chi connectivity index (χ4n) is 2.22. The summed E-state index contributed by atoms with van der Waals surface area (Å²) in [5.74, 6) is 0.376. The Morgan fingerprint density at radius 1 is 1.33 bits per heavy atom. The lowest BCUT2D eigenvalue weighted by Gasteiger charge is -2.08. The van der Waals surface area contributed by atoms with Crippen LogP contribution >= 0.6 is 0 Å². The first-order valence-corrected chi connectivity index (χ1v) is 6.44. The van der Waals surface area contributed by atoms with Gasteiger partial charge in [0.25, 0.3) is 0 Å². The van der Waals surface area contributed by atoms with Crippen molar-refractivity contribution in [3.63, 3.8) is 0 Å². The van der Waals surface area contributed by atoms with Crippen molar-refractivity contribution in [2.24, 2.45) is 0 Å². The molecule has 0 unspecified atom stereocenters. The Kier molecular flexibility index (Phi) is 3.54. The van der Waals surface area contributed by atoms with Gasteiger partial charge in [-0.2, -0.15) is 4.98 Å². The lowest BCUT2D eigenvalue weighted by Crippen LogP contribution is -2.17. The molecule has 1 aromatic heterocycles. The highest BCUT2D eigenvalue weighted by Gasteiger charge is 2.31. The van der Waals surface area contributed by atoms with E-state index in [9.17, 15) is 13.2 Å². The predicted molar refractivity (Wildman–Crippen MR) is 66.4 cm³/mol. The van der Waals surface area contributed by atoms with Crippen LogP contribution in [0.4, 0.5) is 13.2 Å². The Bertz CT molecular complexity index is 621. The summed E-state index contributed by atoms with van der Waals surface area (Å²) in [6.07, 6.45) is -2.80. The number of nitrogens with one attached hydrogen (secondary N) is 1. The minimum Gasteiger partial charge on any atom is -0.406 e. The number of hydrogen-bond donors (Lipinski definition) is 1. The van der Waals surface area contributed by atoms with E-state index in [1.165, 1.54) is 18.2 Å². The van der Waals surface area contributed by atoms with Gasteiger partial charge in [-0.25, -0.2) is 0 Å². The maximum Gasteiger partial charge on any atom is 0.573 e. The van der Waals surface area contributed by atoms with Gasteiger partial charge in [0.2, 0.25) is 11.7 Å². The molecular formula is C13H12F3N3O2. The minimum absolute atomic E-state index is 0.0147. The van der Waals surface area contributed by atoms with Gasteiger partial charge in [0.05, 0.1) is 6.04 Å². The minimum atomic E-state index is -4.73. The summed E-state index contributed by atoms with van der Waals surface area (Å²) in [5, 5.41) is 7.02. The average Bonchev–Trinajstić information content (AvgIpc) is 3.08. The molecule has 1 atom stereocenters. The molecule has 1 N–H and O–H groups in total. The highest BCUT2D eigenvalue weighted by molar-refractivity contribution is 5.56. The zero-order valence-corrected chi connectivity index (χ0v) is 10.9. The number of benzene rings is 1. The van der Waals surface area contributed by atoms with Crippen LogP contribution in [-0.4, -0.2) is 23.0 Å². The molecule has 3 rings (SSSR count). The van der Waals surface area contributed by atoms with Crippen LogP contribution in [0.5, 0.6) is 5.75 Å². The molecule has 1 aromatic carbocycles. The van der Waals surface area contributed by atoms with E-state index in [1.54, 1.807) is 6.07 Å². The maximum atomic E-state index is 12.2. The van der Waals surface area contributed by atoms with Crippen molar-refractivity contribution in [1.82, 2.24) is 15.5 Å². The van der Waals surface area contributed by atoms with Crippen LogP contribution in [0.1, 0.15) is 24.8 Å². The number of hydrogen-bond acceptors (Lipinski definition) is 5. The second-order valence-corrected chi connectivity index (χ2v) is 4.68. The largest absolute Gasteiger partial charge is 0.573 e. The van der Waals surface area contributed by atoms with Gasteiger partial charge in [0.1, 0.15) is 5.75 Å². The molecule has 0 spiro atoms. The Labute approximate surface area is 118 Å². The molecule has 2 aromatic rings. The molecular weight excluding hydrogens is 287 g/mol. The normalized spacial score (nSPS) is 18.9. The first-order chi connectivity index (χ1) is 10.0. The molecule has 1 fully saturated rings. The molecule has 0 aliphatic carbocycles. The number of aromatic nitrogens is 2. The third kappa shape index (κ3) is 3.33. The molecule has 1 saturated heterocycles. The van der Waals surface area contributed by atoms with E-state index >= 15 is 0 Å². The molecule has 0 saturated carbocycles. The van der Waals surface area contributed by atoms with Crippen LogP contribution in [0.25, 0.3) is 11.4 Å². The van der Waals surface area contributed by atoms with Gasteiger partial charge >= 0.3 is 6.36 Å². The lowest BCUT2D eigenvalue weighted by molar-refractivity contribution is -0.274. The third-order valence-corrected chi connectivity index (χ3v) is 3.13. The summed E-state index contributed by atoms with van der Waals surface area (Å²) < 4.78 is 45.6. The van der Waals surface area contributed by atoms with Crippen LogP contribution in [0.15, 0.2) is 28.8 Å². The van der Waals surface area contributed by atoms with E-state index in [1.807, 2.05) is 0 Å². The molecule has 5 nitrogen and oxygen atoms in total. The van der Waals surface area contributed by atoms with Gasteiger partial charge in [-0.15, -0.1) is 13.2 Å². The predicted octanol–water partition coefficient (Wildman–Crippen LogP) is 3.06. The Morgan fingerprint density at radius 2 is 2.19 bits per heavy atom. The maximum absolute atomic E-state index is 12.2. The fraction of sp³-hybridized carbons (Fsp3) is 0.385. The standard InChI is InChI=1S/C13H12F3N3O2/c14-13(15,16)20-9-4-1-3-8(7-9)11-18-12(21-19-11)10-5-2-6-17-10/h1,3-4,7,10,17H,2,5-6H2/t10-/m0/s1. The third-order valence-electron chi connectivity index (χ3n) is 3.13. The monoisotopic (exact) mass is 299 g/mol. The first-order valence-electron chi connectivity index (χ1n) is 6.44. The van der Waals surface area contributed by atoms with E-state index in [-0.39, 0.29) is 17.6 Å². The second-order valence-electron chi connectivity index (χ2n) is 4.68. The fourth-order valence-corrected chi connectivity index (χ4v) is 2.22. The van der Waals surface area contributed by atoms with Crippen LogP contribution in [0.3, 0.4) is 0 Å². The quantitative estimate of drug-likeness (QED) is 0.944. The summed E-state index contributed by atoms with van der Waals surface area (Å²) in [7, 11) is 0. The van der Waals surface area contributed by atoms with E-state index < -0.39 is 6.36 Å². The van der Waals surface area contributed by atoms with Crippen molar-refractivity contribution in [2.75, 3.05) is 6.54 Å². The van der Waals surface area contributed by atoms with Crippen LogP contribution < -0.4 is 10.1 Å². The Balaban J connectivity index is 1.81. The van der Waals surface area contributed by atoms with Gasteiger partial charge in [-0.05, 0) is 31.5 Å². The molecule has 2 heterocycles. The molecule has 0 amide bonds. The van der Waals surface area contributed by atoms with Gasteiger partial charge in [0.15, 0.2) is 0 Å². The molecule has 21 heavy (non-hydrogen) atoms. The molecule has 8 heteroatoms. The summed E-state index contributed by atoms with van der Waals surface area (Å²) >= 11 is 0. The van der Waals surface area contributed by atoms with Crippen molar-refractivity contribution in [2.45, 2.75) is 25.2 Å². The Hall–Kier alpha value is -2.09. The molecule has 0 radical (unpaired) electrons. The highest BCUT2D eigenvalue weighted by atomic mass is 19.4. The highest BCUT2D eigenvalue weighted by Crippen LogP contribution is 2.28. The van der Waals surface area contributed by atoms with Crippen LogP contribution in [-0.2, 0) is 0 Å². The van der Waals surface area contributed by atoms with Crippen molar-refractivity contribution >= 4 is 0 Å². The van der Waals surface area contributed by atoms with Gasteiger partial charge in [-0.3, -0.25) is 0 Å². The SMILES string of the molecule is FC(F)(F)Oc1cccc(-c2noc([C@@H]3CCCN3)n2)c1. The summed E-state index contributed by atoms with van der Waals surface area (Å²) in [4.78, 5) is 4.22. The topological polar surface area (TPSA) is 60.2 Å². The lowest BCUT2D eigenvalue weighted by atomic mass is 10.2. The number of alkyl halides is 3. The molecule has 0 bridgehead atoms. The molecule has 1 aliphatic rings. The van der Waals surface area contributed by atoms with Crippen molar-refractivity contribution in [1.29, 1.82) is 0 Å². The second kappa shape index (κ2) is 5.36. The number of rotatable bonds is 3. The van der Waals surface area contributed by atoms with Crippen molar-refractivity contribution < 1.29 is 22.4 Å². The van der Waals surface area contributed by atoms with Crippen LogP contribution in [0.2, 0.25) is 0 Å². The average molecular weight is 299 g/mol. The molecule has 112 valence electrons.